The molecule has 0 saturated carbocycles. The van der Waals surface area contributed by atoms with Gasteiger partial charge in [0.05, 0.1) is 11.4 Å². The summed E-state index contributed by atoms with van der Waals surface area (Å²) in [6.45, 7) is 1.78. The van der Waals surface area contributed by atoms with E-state index in [0.29, 0.717) is 10.3 Å². The molecule has 1 heterocycles. The van der Waals surface area contributed by atoms with Crippen molar-refractivity contribution in [3.8, 4) is 5.75 Å². The molecule has 0 bridgehead atoms. The Morgan fingerprint density at radius 1 is 1.14 bits per heavy atom. The van der Waals surface area contributed by atoms with Crippen molar-refractivity contribution < 1.29 is 17.9 Å². The minimum atomic E-state index is -4.76. The number of aromatic nitrogens is 1. The molecule has 1 aromatic carbocycles. The highest BCUT2D eigenvalue weighted by Gasteiger charge is 2.32. The molecule has 0 atom stereocenters. The lowest BCUT2D eigenvalue weighted by atomic mass is 10.3. The van der Waals surface area contributed by atoms with Gasteiger partial charge in [-0.3, -0.25) is 0 Å². The summed E-state index contributed by atoms with van der Waals surface area (Å²) in [5.41, 5.74) is 0.889. The SMILES string of the molecule is Cc1nc(Nc2ccc(Br)cc2OC(F)(F)F)ccc1Br. The van der Waals surface area contributed by atoms with E-state index in [2.05, 4.69) is 46.9 Å². The number of benzene rings is 1. The minimum absolute atomic E-state index is 0.171. The summed E-state index contributed by atoms with van der Waals surface area (Å²) in [6, 6.07) is 7.73. The second-order valence-corrected chi connectivity index (χ2v) is 5.85. The van der Waals surface area contributed by atoms with Gasteiger partial charge in [0, 0.05) is 8.95 Å². The van der Waals surface area contributed by atoms with Crippen LogP contribution in [0, 0.1) is 6.92 Å². The van der Waals surface area contributed by atoms with Crippen molar-refractivity contribution in [1.29, 1.82) is 0 Å². The molecule has 3 nitrogen and oxygen atoms in total. The largest absolute Gasteiger partial charge is 0.573 e. The Morgan fingerprint density at radius 2 is 1.86 bits per heavy atom. The number of pyridine rings is 1. The van der Waals surface area contributed by atoms with Gasteiger partial charge >= 0.3 is 6.36 Å². The number of hydrogen-bond donors (Lipinski definition) is 1. The molecule has 0 fully saturated rings. The molecular weight excluding hydrogens is 417 g/mol. The Labute approximate surface area is 135 Å². The molecule has 0 unspecified atom stereocenters. The van der Waals surface area contributed by atoms with Crippen LogP contribution < -0.4 is 10.1 Å². The third-order valence-electron chi connectivity index (χ3n) is 2.45. The molecule has 0 spiro atoms. The molecule has 2 rings (SSSR count). The molecule has 112 valence electrons. The lowest BCUT2D eigenvalue weighted by molar-refractivity contribution is -0.274. The van der Waals surface area contributed by atoms with Crippen LogP contribution in [0.15, 0.2) is 39.3 Å². The van der Waals surface area contributed by atoms with Crippen LogP contribution in [-0.2, 0) is 0 Å². The Kier molecular flexibility index (Phi) is 4.77. The van der Waals surface area contributed by atoms with Crippen molar-refractivity contribution in [2.45, 2.75) is 13.3 Å². The first-order valence-corrected chi connectivity index (χ1v) is 7.29. The molecule has 1 N–H and O–H groups in total. The van der Waals surface area contributed by atoms with Crippen LogP contribution in [0.4, 0.5) is 24.7 Å². The van der Waals surface area contributed by atoms with Crippen molar-refractivity contribution in [2.24, 2.45) is 0 Å². The average Bonchev–Trinajstić information content (AvgIpc) is 2.35. The molecule has 0 radical (unpaired) electrons. The Bertz CT molecular complexity index is 662. The van der Waals surface area contributed by atoms with Crippen LogP contribution in [0.25, 0.3) is 0 Å². The molecule has 8 heteroatoms. The summed E-state index contributed by atoms with van der Waals surface area (Å²) in [5.74, 6) is 0.0873. The number of halogens is 5. The van der Waals surface area contributed by atoms with E-state index in [1.54, 1.807) is 25.1 Å². The fourth-order valence-electron chi connectivity index (χ4n) is 1.56. The van der Waals surface area contributed by atoms with Gasteiger partial charge in [-0.1, -0.05) is 15.9 Å². The maximum absolute atomic E-state index is 12.4. The van der Waals surface area contributed by atoms with E-state index in [-0.39, 0.29) is 11.4 Å². The number of hydrogen-bond acceptors (Lipinski definition) is 3. The molecule has 0 aliphatic heterocycles. The van der Waals surface area contributed by atoms with Gasteiger partial charge in [0.2, 0.25) is 0 Å². The van der Waals surface area contributed by atoms with Crippen molar-refractivity contribution >= 4 is 43.4 Å². The number of ether oxygens (including phenoxy) is 1. The lowest BCUT2D eigenvalue weighted by Gasteiger charge is -2.15. The molecule has 21 heavy (non-hydrogen) atoms. The van der Waals surface area contributed by atoms with Crippen LogP contribution in [0.5, 0.6) is 5.75 Å². The number of alkyl halides is 3. The zero-order valence-electron chi connectivity index (χ0n) is 10.6. The lowest BCUT2D eigenvalue weighted by Crippen LogP contribution is -2.18. The fourth-order valence-corrected chi connectivity index (χ4v) is 2.12. The van der Waals surface area contributed by atoms with E-state index in [1.807, 2.05) is 0 Å². The van der Waals surface area contributed by atoms with Crippen molar-refractivity contribution in [2.75, 3.05) is 5.32 Å². The average molecular weight is 426 g/mol. The van der Waals surface area contributed by atoms with Gasteiger partial charge in [-0.2, -0.15) is 0 Å². The monoisotopic (exact) mass is 424 g/mol. The Balaban J connectivity index is 2.32. The van der Waals surface area contributed by atoms with E-state index >= 15 is 0 Å². The molecule has 0 saturated heterocycles. The second-order valence-electron chi connectivity index (χ2n) is 4.08. The predicted octanol–water partition coefficient (Wildman–Crippen LogP) is 5.56. The standard InChI is InChI=1S/C13H9Br2F3N2O/c1-7-9(15)3-5-12(19-7)20-10-4-2-8(14)6-11(10)21-13(16,17)18/h2-6H,1H3,(H,19,20). The third kappa shape index (κ3) is 4.60. The van der Waals surface area contributed by atoms with E-state index in [9.17, 15) is 13.2 Å². The van der Waals surface area contributed by atoms with Crippen molar-refractivity contribution in [3.63, 3.8) is 0 Å². The Morgan fingerprint density at radius 3 is 2.48 bits per heavy atom. The van der Waals surface area contributed by atoms with E-state index < -0.39 is 6.36 Å². The van der Waals surface area contributed by atoms with Crippen molar-refractivity contribution in [3.05, 3.63) is 45.0 Å². The topological polar surface area (TPSA) is 34.2 Å². The third-order valence-corrected chi connectivity index (χ3v) is 3.78. The molecule has 0 aliphatic rings. The quantitative estimate of drug-likeness (QED) is 0.699. The summed E-state index contributed by atoms with van der Waals surface area (Å²) in [6.07, 6.45) is -4.76. The number of anilines is 2. The Hall–Kier alpha value is -1.28. The first-order chi connectivity index (χ1) is 9.74. The van der Waals surface area contributed by atoms with Crippen LogP contribution in [0.3, 0.4) is 0 Å². The van der Waals surface area contributed by atoms with Gasteiger partial charge in [0.1, 0.15) is 5.82 Å². The normalized spacial score (nSPS) is 11.3. The number of aryl methyl sites for hydroxylation is 1. The molecule has 2 aromatic rings. The fraction of sp³-hybridized carbons (Fsp3) is 0.154. The van der Waals surface area contributed by atoms with Crippen LogP contribution in [-0.4, -0.2) is 11.3 Å². The van der Waals surface area contributed by atoms with Gasteiger partial charge in [-0.05, 0) is 53.2 Å². The van der Waals surface area contributed by atoms with Gasteiger partial charge in [0.15, 0.2) is 5.75 Å². The summed E-state index contributed by atoms with van der Waals surface area (Å²) in [7, 11) is 0. The molecular formula is C13H9Br2F3N2O. The first-order valence-electron chi connectivity index (χ1n) is 5.70. The van der Waals surface area contributed by atoms with Gasteiger partial charge in [-0.15, -0.1) is 13.2 Å². The van der Waals surface area contributed by atoms with Gasteiger partial charge in [0.25, 0.3) is 0 Å². The van der Waals surface area contributed by atoms with Gasteiger partial charge in [-0.25, -0.2) is 4.98 Å². The van der Waals surface area contributed by atoms with E-state index in [4.69, 9.17) is 0 Å². The zero-order valence-corrected chi connectivity index (χ0v) is 13.8. The highest BCUT2D eigenvalue weighted by molar-refractivity contribution is 9.10. The smallest absolute Gasteiger partial charge is 0.404 e. The molecule has 0 amide bonds. The summed E-state index contributed by atoms with van der Waals surface area (Å²) >= 11 is 6.42. The minimum Gasteiger partial charge on any atom is -0.404 e. The highest BCUT2D eigenvalue weighted by Crippen LogP contribution is 2.34. The van der Waals surface area contributed by atoms with Crippen molar-refractivity contribution in [1.82, 2.24) is 4.98 Å². The number of rotatable bonds is 3. The first kappa shape index (κ1) is 16.1. The zero-order chi connectivity index (χ0) is 15.6. The number of nitrogens with zero attached hydrogens (tertiary/aromatic N) is 1. The summed E-state index contributed by atoms with van der Waals surface area (Å²) < 4.78 is 42.6. The summed E-state index contributed by atoms with van der Waals surface area (Å²) in [4.78, 5) is 4.22. The van der Waals surface area contributed by atoms with E-state index in [1.165, 1.54) is 12.1 Å². The predicted molar refractivity (Wildman–Crippen MR) is 80.8 cm³/mol. The van der Waals surface area contributed by atoms with Crippen LogP contribution >= 0.6 is 31.9 Å². The second kappa shape index (κ2) is 6.23. The highest BCUT2D eigenvalue weighted by atomic mass is 79.9. The van der Waals surface area contributed by atoms with E-state index in [0.717, 1.165) is 10.2 Å². The molecule has 1 aromatic heterocycles. The van der Waals surface area contributed by atoms with Crippen LogP contribution in [0.2, 0.25) is 0 Å². The summed E-state index contributed by atoms with van der Waals surface area (Å²) in [5, 5.41) is 2.81. The molecule has 0 aliphatic carbocycles. The maximum atomic E-state index is 12.4. The van der Waals surface area contributed by atoms with Gasteiger partial charge < -0.3 is 10.1 Å². The number of nitrogens with one attached hydrogen (secondary N) is 1. The maximum Gasteiger partial charge on any atom is 0.573 e. The van der Waals surface area contributed by atoms with Crippen LogP contribution in [0.1, 0.15) is 5.69 Å².